The summed E-state index contributed by atoms with van der Waals surface area (Å²) in [6, 6.07) is 19.9. The fourth-order valence-electron chi connectivity index (χ4n) is 2.79. The predicted octanol–water partition coefficient (Wildman–Crippen LogP) is 4.61. The van der Waals surface area contributed by atoms with Crippen LogP contribution in [0.15, 0.2) is 78.2 Å². The molecule has 1 atom stereocenters. The number of carbonyl (C=O) groups excluding carboxylic acids is 1. The molecule has 2 aromatic heterocycles. The van der Waals surface area contributed by atoms with Gasteiger partial charge < -0.3 is 5.32 Å². The summed E-state index contributed by atoms with van der Waals surface area (Å²) in [7, 11) is 0. The molecule has 2 aromatic carbocycles. The first-order valence-electron chi connectivity index (χ1n) is 8.10. The van der Waals surface area contributed by atoms with Crippen LogP contribution in [-0.4, -0.2) is 20.5 Å². The highest BCUT2D eigenvalue weighted by Crippen LogP contribution is 2.26. The number of pyridine rings is 1. The van der Waals surface area contributed by atoms with Crippen LogP contribution in [0.4, 0.5) is 5.69 Å². The first-order chi connectivity index (χ1) is 12.2. The Morgan fingerprint density at radius 2 is 1.88 bits per heavy atom. The van der Waals surface area contributed by atoms with Crippen LogP contribution in [0, 0.1) is 0 Å². The largest absolute Gasteiger partial charge is 0.325 e. The molecule has 0 aliphatic heterocycles. The number of amides is 1. The lowest BCUT2D eigenvalue weighted by Gasteiger charge is -2.13. The Morgan fingerprint density at radius 3 is 2.80 bits per heavy atom. The second-order valence-corrected chi connectivity index (χ2v) is 7.12. The van der Waals surface area contributed by atoms with Crippen molar-refractivity contribution in [1.29, 1.82) is 0 Å². The van der Waals surface area contributed by atoms with E-state index in [1.807, 2.05) is 84.4 Å². The highest BCUT2D eigenvalue weighted by Gasteiger charge is 2.18. The minimum atomic E-state index is -0.259. The summed E-state index contributed by atoms with van der Waals surface area (Å²) in [4.78, 5) is 17.1. The van der Waals surface area contributed by atoms with Crippen molar-refractivity contribution >= 4 is 39.6 Å². The number of rotatable bonds is 4. The molecule has 0 saturated heterocycles. The highest BCUT2D eigenvalue weighted by molar-refractivity contribution is 8.00. The third kappa shape index (κ3) is 3.10. The van der Waals surface area contributed by atoms with Gasteiger partial charge in [-0.05, 0) is 30.5 Å². The molecule has 0 aliphatic rings. The van der Waals surface area contributed by atoms with Crippen LogP contribution in [0.3, 0.4) is 0 Å². The highest BCUT2D eigenvalue weighted by atomic mass is 32.2. The van der Waals surface area contributed by atoms with Crippen molar-refractivity contribution in [3.05, 3.63) is 73.1 Å². The zero-order valence-corrected chi connectivity index (χ0v) is 14.5. The van der Waals surface area contributed by atoms with E-state index in [1.54, 1.807) is 0 Å². The summed E-state index contributed by atoms with van der Waals surface area (Å²) in [5.41, 5.74) is 1.86. The topological polar surface area (TPSA) is 46.4 Å². The number of fused-ring (bicyclic) bond motifs is 2. The molecule has 0 unspecified atom stereocenters. The van der Waals surface area contributed by atoms with Crippen LogP contribution in [0.5, 0.6) is 0 Å². The molecule has 5 heteroatoms. The van der Waals surface area contributed by atoms with Crippen molar-refractivity contribution in [1.82, 2.24) is 9.38 Å². The van der Waals surface area contributed by atoms with E-state index in [1.165, 1.54) is 11.8 Å². The van der Waals surface area contributed by atoms with Crippen LogP contribution in [0.2, 0.25) is 0 Å². The number of anilines is 1. The van der Waals surface area contributed by atoms with Crippen LogP contribution in [0.25, 0.3) is 16.3 Å². The molecule has 0 fully saturated rings. The number of hydrogen-bond donors (Lipinski definition) is 1. The number of aromatic nitrogens is 2. The normalized spacial score (nSPS) is 12.4. The standard InChI is InChI=1S/C20H17N3OS/c1-14(25-20-21-13-16-9-4-5-12-23(16)20)19(24)22-18-11-6-8-15-7-2-3-10-17(15)18/h2-14H,1H3,(H,22,24)/t14-/m1/s1. The average Bonchev–Trinajstić information content (AvgIpc) is 3.05. The maximum absolute atomic E-state index is 12.6. The van der Waals surface area contributed by atoms with Gasteiger partial charge in [-0.2, -0.15) is 0 Å². The van der Waals surface area contributed by atoms with Crippen LogP contribution >= 0.6 is 11.8 Å². The maximum Gasteiger partial charge on any atom is 0.237 e. The Kier molecular flexibility index (Phi) is 4.15. The van der Waals surface area contributed by atoms with Gasteiger partial charge in [0.05, 0.1) is 17.0 Å². The Hall–Kier alpha value is -2.79. The van der Waals surface area contributed by atoms with Crippen LogP contribution in [0.1, 0.15) is 6.92 Å². The molecule has 4 nitrogen and oxygen atoms in total. The number of thioether (sulfide) groups is 1. The van der Waals surface area contributed by atoms with E-state index < -0.39 is 0 Å². The average molecular weight is 347 g/mol. The van der Waals surface area contributed by atoms with Crippen LogP contribution in [-0.2, 0) is 4.79 Å². The summed E-state index contributed by atoms with van der Waals surface area (Å²) in [6.07, 6.45) is 3.78. The van der Waals surface area contributed by atoms with Gasteiger partial charge in [-0.3, -0.25) is 9.20 Å². The Labute approximate surface area is 149 Å². The van der Waals surface area contributed by atoms with Crippen molar-refractivity contribution in [2.24, 2.45) is 0 Å². The molecule has 2 heterocycles. The van der Waals surface area contributed by atoms with E-state index in [0.717, 1.165) is 27.1 Å². The molecular formula is C20H17N3OS. The fourth-order valence-corrected chi connectivity index (χ4v) is 3.66. The zero-order valence-electron chi connectivity index (χ0n) is 13.7. The number of benzene rings is 2. The van der Waals surface area contributed by atoms with Crippen molar-refractivity contribution in [3.8, 4) is 0 Å². The fraction of sp³-hybridized carbons (Fsp3) is 0.100. The molecule has 4 aromatic rings. The molecule has 0 bridgehead atoms. The molecule has 124 valence electrons. The van der Waals surface area contributed by atoms with Gasteiger partial charge in [0.1, 0.15) is 0 Å². The third-order valence-electron chi connectivity index (χ3n) is 4.10. The van der Waals surface area contributed by atoms with Crippen molar-refractivity contribution in [3.63, 3.8) is 0 Å². The van der Waals surface area contributed by atoms with E-state index in [-0.39, 0.29) is 11.2 Å². The summed E-state index contributed by atoms with van der Waals surface area (Å²) in [5.74, 6) is -0.0333. The van der Waals surface area contributed by atoms with Crippen molar-refractivity contribution < 1.29 is 4.79 Å². The second-order valence-electron chi connectivity index (χ2n) is 5.81. The lowest BCUT2D eigenvalue weighted by Crippen LogP contribution is -2.22. The smallest absolute Gasteiger partial charge is 0.237 e. The Balaban J connectivity index is 1.54. The zero-order chi connectivity index (χ0) is 17.2. The number of nitrogens with one attached hydrogen (secondary N) is 1. The van der Waals surface area contributed by atoms with E-state index in [0.29, 0.717) is 0 Å². The molecule has 1 N–H and O–H groups in total. The molecule has 4 rings (SSSR count). The molecule has 25 heavy (non-hydrogen) atoms. The number of carbonyl (C=O) groups is 1. The monoisotopic (exact) mass is 347 g/mol. The summed E-state index contributed by atoms with van der Waals surface area (Å²) >= 11 is 1.45. The minimum Gasteiger partial charge on any atom is -0.325 e. The molecule has 0 aliphatic carbocycles. The third-order valence-corrected chi connectivity index (χ3v) is 5.18. The molecule has 0 saturated carbocycles. The van der Waals surface area contributed by atoms with E-state index in [2.05, 4.69) is 10.3 Å². The quantitative estimate of drug-likeness (QED) is 0.549. The van der Waals surface area contributed by atoms with Gasteiger partial charge in [0.2, 0.25) is 5.91 Å². The van der Waals surface area contributed by atoms with Gasteiger partial charge in [-0.15, -0.1) is 0 Å². The van der Waals surface area contributed by atoms with Crippen molar-refractivity contribution in [2.45, 2.75) is 17.3 Å². The predicted molar refractivity (Wildman–Crippen MR) is 103 cm³/mol. The summed E-state index contributed by atoms with van der Waals surface area (Å²) < 4.78 is 1.99. The molecule has 0 radical (unpaired) electrons. The molecule has 1 amide bonds. The van der Waals surface area contributed by atoms with E-state index in [9.17, 15) is 4.79 Å². The summed E-state index contributed by atoms with van der Waals surface area (Å²) in [6.45, 7) is 1.90. The van der Waals surface area contributed by atoms with Crippen molar-refractivity contribution in [2.75, 3.05) is 5.32 Å². The Morgan fingerprint density at radius 1 is 1.08 bits per heavy atom. The van der Waals surface area contributed by atoms with Crippen LogP contribution < -0.4 is 5.32 Å². The first-order valence-corrected chi connectivity index (χ1v) is 8.98. The van der Waals surface area contributed by atoms with Gasteiger partial charge >= 0.3 is 0 Å². The minimum absolute atomic E-state index is 0.0333. The lowest BCUT2D eigenvalue weighted by molar-refractivity contribution is -0.115. The summed E-state index contributed by atoms with van der Waals surface area (Å²) in [5, 5.41) is 5.76. The molecular weight excluding hydrogens is 330 g/mol. The van der Waals surface area contributed by atoms with Gasteiger partial charge in [-0.25, -0.2) is 4.98 Å². The maximum atomic E-state index is 12.6. The van der Waals surface area contributed by atoms with Gasteiger partial charge in [0, 0.05) is 17.3 Å². The van der Waals surface area contributed by atoms with Gasteiger partial charge in [0.15, 0.2) is 5.16 Å². The van der Waals surface area contributed by atoms with Gasteiger partial charge in [-0.1, -0.05) is 54.2 Å². The number of hydrogen-bond acceptors (Lipinski definition) is 3. The molecule has 0 spiro atoms. The van der Waals surface area contributed by atoms with E-state index in [4.69, 9.17) is 0 Å². The Bertz CT molecular complexity index is 1050. The number of imidazole rings is 1. The number of nitrogens with zero attached hydrogens (tertiary/aromatic N) is 2. The second kappa shape index (κ2) is 6.61. The first kappa shape index (κ1) is 15.7. The SMILES string of the molecule is C[C@@H](Sc1ncc2ccccn12)C(=O)Nc1cccc2ccccc12. The van der Waals surface area contributed by atoms with E-state index >= 15 is 0 Å². The lowest BCUT2D eigenvalue weighted by atomic mass is 10.1. The van der Waals surface area contributed by atoms with Gasteiger partial charge in [0.25, 0.3) is 0 Å².